The molecule has 0 aliphatic heterocycles. The zero-order valence-electron chi connectivity index (χ0n) is 17.7. The van der Waals surface area contributed by atoms with Gasteiger partial charge in [0.15, 0.2) is 11.5 Å². The number of hydrogen-bond donors (Lipinski definition) is 1. The summed E-state index contributed by atoms with van der Waals surface area (Å²) in [4.78, 5) is 14.6. The summed E-state index contributed by atoms with van der Waals surface area (Å²) in [7, 11) is 3.89. The third-order valence-electron chi connectivity index (χ3n) is 4.10. The van der Waals surface area contributed by atoms with Gasteiger partial charge in [0.05, 0.1) is 16.8 Å². The lowest BCUT2D eigenvalue weighted by Gasteiger charge is -2.14. The van der Waals surface area contributed by atoms with E-state index in [0.29, 0.717) is 36.0 Å². The molecule has 0 unspecified atom stereocenters. The van der Waals surface area contributed by atoms with E-state index in [0.717, 1.165) is 15.7 Å². The first-order valence-electron chi connectivity index (χ1n) is 9.69. The zero-order valence-corrected chi connectivity index (χ0v) is 19.8. The summed E-state index contributed by atoms with van der Waals surface area (Å²) >= 11 is 2.17. The molecule has 1 N–H and O–H groups in total. The number of nitrogens with one attached hydrogen (secondary N) is 1. The highest BCUT2D eigenvalue weighted by molar-refractivity contribution is 14.1. The van der Waals surface area contributed by atoms with Crippen LogP contribution in [0.1, 0.15) is 25.8 Å². The monoisotopic (exact) mass is 519 g/mol. The molecule has 0 saturated carbocycles. The van der Waals surface area contributed by atoms with Crippen molar-refractivity contribution in [1.82, 2.24) is 0 Å². The first-order chi connectivity index (χ1) is 14.4. The fraction of sp³-hybridized carbons (Fsp3) is 0.304. The minimum atomic E-state index is -0.464. The molecule has 0 fully saturated rings. The van der Waals surface area contributed by atoms with Crippen LogP contribution in [0.2, 0.25) is 0 Å². The molecule has 2 aromatic rings. The van der Waals surface area contributed by atoms with Crippen LogP contribution in [0.25, 0.3) is 6.08 Å². The summed E-state index contributed by atoms with van der Waals surface area (Å²) in [6.45, 7) is 5.01. The highest BCUT2D eigenvalue weighted by Crippen LogP contribution is 2.35. The number of benzene rings is 2. The predicted molar refractivity (Wildman–Crippen MR) is 129 cm³/mol. The molecule has 0 aliphatic carbocycles. The molecule has 0 heterocycles. The first-order valence-corrected chi connectivity index (χ1v) is 10.8. The minimum Gasteiger partial charge on any atom is -0.490 e. The molecule has 0 saturated heterocycles. The summed E-state index contributed by atoms with van der Waals surface area (Å²) in [5.41, 5.74) is 2.35. The lowest BCUT2D eigenvalue weighted by atomic mass is 10.1. The molecule has 7 heteroatoms. The van der Waals surface area contributed by atoms with Crippen LogP contribution in [0.5, 0.6) is 11.5 Å². The Labute approximate surface area is 191 Å². The second-order valence-corrected chi connectivity index (χ2v) is 7.84. The second kappa shape index (κ2) is 11.5. The molecular weight excluding hydrogens is 493 g/mol. The molecule has 30 heavy (non-hydrogen) atoms. The molecule has 158 valence electrons. The van der Waals surface area contributed by atoms with Crippen LogP contribution < -0.4 is 19.7 Å². The van der Waals surface area contributed by atoms with Crippen molar-refractivity contribution < 1.29 is 14.3 Å². The van der Waals surface area contributed by atoms with Crippen molar-refractivity contribution >= 4 is 45.9 Å². The van der Waals surface area contributed by atoms with Crippen molar-refractivity contribution in [2.45, 2.75) is 20.3 Å². The summed E-state index contributed by atoms with van der Waals surface area (Å²) in [6.07, 6.45) is 2.44. The summed E-state index contributed by atoms with van der Waals surface area (Å²) in [5.74, 6) is 0.816. The van der Waals surface area contributed by atoms with E-state index < -0.39 is 5.91 Å². The van der Waals surface area contributed by atoms with E-state index in [-0.39, 0.29) is 5.57 Å². The van der Waals surface area contributed by atoms with Gasteiger partial charge in [-0.3, -0.25) is 4.79 Å². The third-order valence-corrected chi connectivity index (χ3v) is 4.90. The molecular formula is C23H26IN3O3. The van der Waals surface area contributed by atoms with Crippen molar-refractivity contribution in [3.05, 3.63) is 51.1 Å². The zero-order chi connectivity index (χ0) is 22.1. The highest BCUT2D eigenvalue weighted by Gasteiger charge is 2.14. The number of rotatable bonds is 9. The van der Waals surface area contributed by atoms with Gasteiger partial charge in [-0.1, -0.05) is 6.92 Å². The van der Waals surface area contributed by atoms with Crippen molar-refractivity contribution in [2.24, 2.45) is 0 Å². The van der Waals surface area contributed by atoms with E-state index in [9.17, 15) is 10.1 Å². The molecule has 2 aromatic carbocycles. The number of carbonyl (C=O) groups is 1. The number of amides is 1. The van der Waals surface area contributed by atoms with E-state index in [1.807, 2.05) is 57.1 Å². The maximum Gasteiger partial charge on any atom is 0.266 e. The number of nitrogens with zero attached hydrogens (tertiary/aromatic N) is 2. The Morgan fingerprint density at radius 1 is 1.20 bits per heavy atom. The van der Waals surface area contributed by atoms with Gasteiger partial charge in [0.25, 0.3) is 5.91 Å². The topological polar surface area (TPSA) is 74.6 Å². The molecule has 6 nitrogen and oxygen atoms in total. The molecule has 0 aliphatic rings. The maximum absolute atomic E-state index is 12.6. The molecule has 0 bridgehead atoms. The highest BCUT2D eigenvalue weighted by atomic mass is 127. The number of hydrogen-bond acceptors (Lipinski definition) is 5. The third kappa shape index (κ3) is 6.39. The van der Waals surface area contributed by atoms with Crippen LogP contribution in [0.3, 0.4) is 0 Å². The number of nitriles is 1. The summed E-state index contributed by atoms with van der Waals surface area (Å²) in [6, 6.07) is 13.0. The van der Waals surface area contributed by atoms with E-state index in [1.165, 1.54) is 0 Å². The van der Waals surface area contributed by atoms with Crippen LogP contribution in [0, 0.1) is 14.9 Å². The van der Waals surface area contributed by atoms with Crippen molar-refractivity contribution in [3.63, 3.8) is 0 Å². The Morgan fingerprint density at radius 3 is 2.47 bits per heavy atom. The molecule has 0 spiro atoms. The van der Waals surface area contributed by atoms with Crippen LogP contribution >= 0.6 is 22.6 Å². The smallest absolute Gasteiger partial charge is 0.266 e. The van der Waals surface area contributed by atoms with Crippen LogP contribution in [0.15, 0.2) is 42.0 Å². The Bertz CT molecular complexity index is 947. The van der Waals surface area contributed by atoms with E-state index >= 15 is 0 Å². The second-order valence-electron chi connectivity index (χ2n) is 6.68. The Hall–Kier alpha value is -2.73. The van der Waals surface area contributed by atoms with Crippen LogP contribution in [-0.4, -0.2) is 33.2 Å². The van der Waals surface area contributed by atoms with Gasteiger partial charge in [-0.05, 0) is 84.0 Å². The lowest BCUT2D eigenvalue weighted by Crippen LogP contribution is -2.14. The van der Waals surface area contributed by atoms with E-state index in [2.05, 4.69) is 27.9 Å². The maximum atomic E-state index is 12.6. The fourth-order valence-corrected chi connectivity index (χ4v) is 3.42. The largest absolute Gasteiger partial charge is 0.490 e. The average Bonchev–Trinajstić information content (AvgIpc) is 2.72. The van der Waals surface area contributed by atoms with Gasteiger partial charge in [0, 0.05) is 25.5 Å². The van der Waals surface area contributed by atoms with Gasteiger partial charge in [0.1, 0.15) is 11.6 Å². The number of anilines is 2. The van der Waals surface area contributed by atoms with Crippen LogP contribution in [0.4, 0.5) is 11.4 Å². The van der Waals surface area contributed by atoms with Crippen molar-refractivity contribution in [1.29, 1.82) is 5.26 Å². The SMILES string of the molecule is CCCOc1c(I)cc(/C=C(/C#N)C(=O)Nc2ccc(N(C)C)cc2)cc1OCC. The molecule has 0 aromatic heterocycles. The minimum absolute atomic E-state index is 0.00663. The van der Waals surface area contributed by atoms with Gasteiger partial charge < -0.3 is 19.7 Å². The molecule has 0 radical (unpaired) electrons. The van der Waals surface area contributed by atoms with E-state index in [4.69, 9.17) is 9.47 Å². The standard InChI is InChI=1S/C23H26IN3O3/c1-5-11-30-22-20(24)13-16(14-21(22)29-6-2)12-17(15-25)23(28)26-18-7-9-19(10-8-18)27(3)4/h7-10,12-14H,5-6,11H2,1-4H3,(H,26,28)/b17-12-. The van der Waals surface area contributed by atoms with Gasteiger partial charge in [-0.2, -0.15) is 5.26 Å². The molecule has 0 atom stereocenters. The average molecular weight is 519 g/mol. The number of carbonyl (C=O) groups excluding carboxylic acids is 1. The Morgan fingerprint density at radius 2 is 1.90 bits per heavy atom. The normalized spacial score (nSPS) is 10.9. The molecule has 1 amide bonds. The van der Waals surface area contributed by atoms with Gasteiger partial charge >= 0.3 is 0 Å². The fourth-order valence-electron chi connectivity index (χ4n) is 2.64. The van der Waals surface area contributed by atoms with Crippen molar-refractivity contribution in [2.75, 3.05) is 37.5 Å². The van der Waals surface area contributed by atoms with Gasteiger partial charge in [-0.15, -0.1) is 0 Å². The lowest BCUT2D eigenvalue weighted by molar-refractivity contribution is -0.112. The Kier molecular flexibility index (Phi) is 8.99. The van der Waals surface area contributed by atoms with Gasteiger partial charge in [0.2, 0.25) is 0 Å². The number of halogens is 1. The summed E-state index contributed by atoms with van der Waals surface area (Å²) < 4.78 is 12.4. The van der Waals surface area contributed by atoms with Crippen molar-refractivity contribution in [3.8, 4) is 17.6 Å². The number of ether oxygens (including phenoxy) is 2. The summed E-state index contributed by atoms with van der Waals surface area (Å²) in [5, 5.41) is 12.3. The first kappa shape index (κ1) is 23.5. The quantitative estimate of drug-likeness (QED) is 0.284. The van der Waals surface area contributed by atoms with Crippen LogP contribution in [-0.2, 0) is 4.79 Å². The predicted octanol–water partition coefficient (Wildman–Crippen LogP) is 5.09. The molecule has 2 rings (SSSR count). The van der Waals surface area contributed by atoms with Gasteiger partial charge in [-0.25, -0.2) is 0 Å². The Balaban J connectivity index is 2.27. The van der Waals surface area contributed by atoms with E-state index in [1.54, 1.807) is 24.3 Å².